The number of ether oxygens (including phenoxy) is 1. The van der Waals surface area contributed by atoms with Gasteiger partial charge in [0.05, 0.1) is 11.1 Å². The third-order valence-electron chi connectivity index (χ3n) is 6.26. The Morgan fingerprint density at radius 3 is 2.74 bits per heavy atom. The van der Waals surface area contributed by atoms with Crippen molar-refractivity contribution in [1.29, 1.82) is 0 Å². The fourth-order valence-corrected chi connectivity index (χ4v) is 5.68. The molecule has 4 heterocycles. The number of hydrogen-bond acceptors (Lipinski definition) is 6. The molecule has 0 amide bonds. The van der Waals surface area contributed by atoms with E-state index < -0.39 is 18.4 Å². The SMILES string of the molecule is Cc1c(C(=O)OCC(=O)c2cc(C)n(-c3ccccc3F)c2C)sc2nc3n(c(=O)c12)CCC3. The van der Waals surface area contributed by atoms with E-state index in [0.29, 0.717) is 45.0 Å². The number of carbonyl (C=O) groups is 2. The molecule has 9 heteroatoms. The molecule has 0 radical (unpaired) electrons. The number of hydrogen-bond donors (Lipinski definition) is 0. The van der Waals surface area contributed by atoms with Gasteiger partial charge in [-0.05, 0) is 51.0 Å². The zero-order chi connectivity index (χ0) is 24.1. The average Bonchev–Trinajstić information content (AvgIpc) is 3.49. The molecule has 0 unspecified atom stereocenters. The molecule has 4 aromatic rings. The molecule has 0 atom stereocenters. The highest BCUT2D eigenvalue weighted by atomic mass is 32.1. The maximum atomic E-state index is 14.3. The highest BCUT2D eigenvalue weighted by Gasteiger charge is 2.25. The van der Waals surface area contributed by atoms with Crippen LogP contribution in [0.1, 0.15) is 49.2 Å². The van der Waals surface area contributed by atoms with Crippen LogP contribution < -0.4 is 5.56 Å². The van der Waals surface area contributed by atoms with E-state index in [1.54, 1.807) is 54.2 Å². The van der Waals surface area contributed by atoms with Gasteiger partial charge in [0.15, 0.2) is 6.61 Å². The number of aromatic nitrogens is 3. The first-order chi connectivity index (χ1) is 16.3. The van der Waals surface area contributed by atoms with Gasteiger partial charge in [0.1, 0.15) is 21.3 Å². The van der Waals surface area contributed by atoms with Gasteiger partial charge in [0.2, 0.25) is 5.78 Å². The molecule has 1 aromatic carbocycles. The molecule has 1 aliphatic rings. The number of aryl methyl sites for hydroxylation is 3. The molecule has 174 valence electrons. The van der Waals surface area contributed by atoms with E-state index in [1.165, 1.54) is 6.07 Å². The summed E-state index contributed by atoms with van der Waals surface area (Å²) >= 11 is 1.11. The van der Waals surface area contributed by atoms with Gasteiger partial charge in [-0.25, -0.2) is 14.2 Å². The number of thiophene rings is 1. The molecule has 0 spiro atoms. The molecular weight excluding hydrogens is 457 g/mol. The summed E-state index contributed by atoms with van der Waals surface area (Å²) in [7, 11) is 0. The Kier molecular flexibility index (Phi) is 5.44. The molecule has 0 saturated carbocycles. The Hall–Kier alpha value is -3.59. The number of rotatable bonds is 5. The third-order valence-corrected chi connectivity index (χ3v) is 7.42. The molecule has 0 aliphatic carbocycles. The summed E-state index contributed by atoms with van der Waals surface area (Å²) in [4.78, 5) is 43.9. The fourth-order valence-electron chi connectivity index (χ4n) is 4.59. The van der Waals surface area contributed by atoms with Gasteiger partial charge < -0.3 is 9.30 Å². The number of nitrogens with zero attached hydrogens (tertiary/aromatic N) is 3. The van der Waals surface area contributed by atoms with Crippen molar-refractivity contribution in [1.82, 2.24) is 14.1 Å². The van der Waals surface area contributed by atoms with Crippen molar-refractivity contribution in [2.24, 2.45) is 0 Å². The first kappa shape index (κ1) is 22.2. The van der Waals surface area contributed by atoms with E-state index in [2.05, 4.69) is 4.98 Å². The summed E-state index contributed by atoms with van der Waals surface area (Å²) in [5, 5.41) is 0.433. The van der Waals surface area contributed by atoms with Crippen LogP contribution in [-0.4, -0.2) is 32.5 Å². The summed E-state index contributed by atoms with van der Waals surface area (Å²) in [6.07, 6.45) is 1.62. The van der Waals surface area contributed by atoms with Gasteiger partial charge in [-0.2, -0.15) is 0 Å². The normalized spacial score (nSPS) is 12.8. The number of esters is 1. The Bertz CT molecular complexity index is 1550. The van der Waals surface area contributed by atoms with Crippen LogP contribution in [0.3, 0.4) is 0 Å². The zero-order valence-electron chi connectivity index (χ0n) is 19.0. The number of halogens is 1. The van der Waals surface area contributed by atoms with Crippen LogP contribution in [0.25, 0.3) is 15.9 Å². The Balaban J connectivity index is 1.38. The van der Waals surface area contributed by atoms with E-state index in [4.69, 9.17) is 4.74 Å². The fraction of sp³-hybridized carbons (Fsp3) is 0.280. The van der Waals surface area contributed by atoms with Crippen molar-refractivity contribution in [3.05, 3.63) is 79.7 Å². The summed E-state index contributed by atoms with van der Waals surface area (Å²) in [6.45, 7) is 5.38. The van der Waals surface area contributed by atoms with Gasteiger partial charge in [-0.15, -0.1) is 11.3 Å². The predicted octanol–water partition coefficient (Wildman–Crippen LogP) is 4.30. The van der Waals surface area contributed by atoms with Crippen molar-refractivity contribution < 1.29 is 18.7 Å². The van der Waals surface area contributed by atoms with Crippen molar-refractivity contribution in [3.63, 3.8) is 0 Å². The number of para-hydroxylation sites is 1. The van der Waals surface area contributed by atoms with Crippen molar-refractivity contribution in [2.45, 2.75) is 40.2 Å². The number of ketones is 1. The van der Waals surface area contributed by atoms with Crippen molar-refractivity contribution in [3.8, 4) is 5.69 Å². The Morgan fingerprint density at radius 2 is 1.97 bits per heavy atom. The second kappa shape index (κ2) is 8.32. The Morgan fingerprint density at radius 1 is 1.21 bits per heavy atom. The zero-order valence-corrected chi connectivity index (χ0v) is 19.8. The monoisotopic (exact) mass is 479 g/mol. The number of carbonyl (C=O) groups excluding carboxylic acids is 2. The van der Waals surface area contributed by atoms with E-state index >= 15 is 0 Å². The van der Waals surface area contributed by atoms with Crippen LogP contribution in [0.5, 0.6) is 0 Å². The van der Waals surface area contributed by atoms with Crippen molar-refractivity contribution in [2.75, 3.05) is 6.61 Å². The molecule has 5 rings (SSSR count). The topological polar surface area (TPSA) is 83.2 Å². The highest BCUT2D eigenvalue weighted by Crippen LogP contribution is 2.29. The lowest BCUT2D eigenvalue weighted by molar-refractivity contribution is 0.0479. The van der Waals surface area contributed by atoms with E-state index in [1.807, 2.05) is 0 Å². The van der Waals surface area contributed by atoms with E-state index in [9.17, 15) is 18.8 Å². The molecular formula is C25H22FN3O4S. The second-order valence-corrected chi connectivity index (χ2v) is 9.39. The average molecular weight is 480 g/mol. The molecule has 1 aliphatic heterocycles. The molecule has 3 aromatic heterocycles. The van der Waals surface area contributed by atoms with Gasteiger partial charge in [0.25, 0.3) is 5.56 Å². The van der Waals surface area contributed by atoms with Gasteiger partial charge in [0, 0.05) is 29.9 Å². The standard InChI is InChI=1S/C25H22FN3O4S/c1-13-11-16(15(3)29(13)18-8-5-4-7-17(18)26)19(30)12-33-25(32)22-14(2)21-23(34-22)27-20-9-6-10-28(20)24(21)31/h4-5,7-8,11H,6,9-10,12H2,1-3H3. The quantitative estimate of drug-likeness (QED) is 0.315. The largest absolute Gasteiger partial charge is 0.453 e. The smallest absolute Gasteiger partial charge is 0.349 e. The van der Waals surface area contributed by atoms with E-state index in [-0.39, 0.29) is 16.2 Å². The molecule has 0 N–H and O–H groups in total. The molecule has 0 bridgehead atoms. The number of benzene rings is 1. The van der Waals surface area contributed by atoms with Crippen LogP contribution in [0.15, 0.2) is 35.1 Å². The predicted molar refractivity (Wildman–Crippen MR) is 127 cm³/mol. The minimum atomic E-state index is -0.665. The van der Waals surface area contributed by atoms with Crippen LogP contribution in [0.4, 0.5) is 4.39 Å². The highest BCUT2D eigenvalue weighted by molar-refractivity contribution is 7.20. The maximum absolute atomic E-state index is 14.3. The summed E-state index contributed by atoms with van der Waals surface area (Å²) in [6, 6.07) is 7.99. The maximum Gasteiger partial charge on any atom is 0.349 e. The second-order valence-electron chi connectivity index (χ2n) is 8.40. The lowest BCUT2D eigenvalue weighted by Crippen LogP contribution is -2.20. The summed E-state index contributed by atoms with van der Waals surface area (Å²) in [5.74, 6) is -0.717. The molecule has 0 fully saturated rings. The van der Waals surface area contributed by atoms with Crippen LogP contribution in [0.2, 0.25) is 0 Å². The minimum Gasteiger partial charge on any atom is -0.453 e. The first-order valence-corrected chi connectivity index (χ1v) is 11.8. The number of fused-ring (bicyclic) bond motifs is 2. The minimum absolute atomic E-state index is 0.137. The Labute approximate surface area is 198 Å². The van der Waals surface area contributed by atoms with Crippen molar-refractivity contribution >= 4 is 33.3 Å². The first-order valence-electron chi connectivity index (χ1n) is 10.9. The van der Waals surface area contributed by atoms with Crippen LogP contribution >= 0.6 is 11.3 Å². The van der Waals surface area contributed by atoms with E-state index in [0.717, 1.165) is 30.0 Å². The number of Topliss-reactive ketones (excluding diaryl/α,β-unsaturated/α-hetero) is 1. The van der Waals surface area contributed by atoms with Gasteiger partial charge in [-0.1, -0.05) is 12.1 Å². The van der Waals surface area contributed by atoms with Crippen LogP contribution in [0, 0.1) is 26.6 Å². The van der Waals surface area contributed by atoms with Crippen LogP contribution in [-0.2, 0) is 17.7 Å². The summed E-state index contributed by atoms with van der Waals surface area (Å²) < 4.78 is 23.0. The third kappa shape index (κ3) is 3.47. The lowest BCUT2D eigenvalue weighted by Gasteiger charge is -2.10. The van der Waals surface area contributed by atoms with Gasteiger partial charge >= 0.3 is 5.97 Å². The molecule has 34 heavy (non-hydrogen) atoms. The summed E-state index contributed by atoms with van der Waals surface area (Å²) in [5.41, 5.74) is 2.35. The molecule has 0 saturated heterocycles. The van der Waals surface area contributed by atoms with Gasteiger partial charge in [-0.3, -0.25) is 14.2 Å². The lowest BCUT2D eigenvalue weighted by atomic mass is 10.1. The molecule has 7 nitrogen and oxygen atoms in total.